The number of hydrogen-bond donors (Lipinski definition) is 1. The third-order valence-corrected chi connectivity index (χ3v) is 4.32. The van der Waals surface area contributed by atoms with Crippen LogP contribution < -0.4 is 5.32 Å². The normalized spacial score (nSPS) is 14.8. The van der Waals surface area contributed by atoms with E-state index >= 15 is 0 Å². The molecule has 0 spiro atoms. The standard InChI is InChI=1S/C14H17N3S/c1-8-4-7-11(18-8)12-9(2)13(15-3)17-14(16-12)10-5-6-10/h4,7,10H,5-6H2,1-3H3,(H,15,16,17). The lowest BCUT2D eigenvalue weighted by Gasteiger charge is -2.10. The van der Waals surface area contributed by atoms with Crippen molar-refractivity contribution in [1.29, 1.82) is 0 Å². The monoisotopic (exact) mass is 259 g/mol. The van der Waals surface area contributed by atoms with Gasteiger partial charge in [0.05, 0.1) is 10.6 Å². The van der Waals surface area contributed by atoms with Crippen molar-refractivity contribution in [2.75, 3.05) is 12.4 Å². The molecule has 0 amide bonds. The highest BCUT2D eigenvalue weighted by atomic mass is 32.1. The summed E-state index contributed by atoms with van der Waals surface area (Å²) in [6.45, 7) is 4.22. The molecule has 2 heterocycles. The number of hydrogen-bond acceptors (Lipinski definition) is 4. The van der Waals surface area contributed by atoms with Gasteiger partial charge in [-0.25, -0.2) is 9.97 Å². The van der Waals surface area contributed by atoms with Gasteiger partial charge in [-0.15, -0.1) is 11.3 Å². The first-order valence-corrected chi connectivity index (χ1v) is 7.14. The van der Waals surface area contributed by atoms with Crippen LogP contribution in [0.15, 0.2) is 12.1 Å². The zero-order chi connectivity index (χ0) is 12.7. The van der Waals surface area contributed by atoms with E-state index in [2.05, 4.69) is 36.3 Å². The minimum absolute atomic E-state index is 0.581. The van der Waals surface area contributed by atoms with Gasteiger partial charge in [0.1, 0.15) is 11.6 Å². The second-order valence-corrected chi connectivity index (χ2v) is 6.13. The summed E-state index contributed by atoms with van der Waals surface area (Å²) in [7, 11) is 1.93. The zero-order valence-corrected chi connectivity index (χ0v) is 11.8. The van der Waals surface area contributed by atoms with E-state index in [1.54, 1.807) is 11.3 Å². The zero-order valence-electron chi connectivity index (χ0n) is 10.9. The average molecular weight is 259 g/mol. The number of anilines is 1. The van der Waals surface area contributed by atoms with Crippen molar-refractivity contribution in [3.8, 4) is 10.6 Å². The SMILES string of the molecule is CNc1nc(C2CC2)nc(-c2ccc(C)s2)c1C. The van der Waals surface area contributed by atoms with E-state index in [-0.39, 0.29) is 0 Å². The van der Waals surface area contributed by atoms with Crippen molar-refractivity contribution < 1.29 is 0 Å². The fourth-order valence-electron chi connectivity index (χ4n) is 2.10. The Bertz CT molecular complexity index is 585. The molecule has 94 valence electrons. The van der Waals surface area contributed by atoms with Crippen molar-refractivity contribution in [3.63, 3.8) is 0 Å². The number of thiophene rings is 1. The molecule has 3 nitrogen and oxygen atoms in total. The molecular formula is C14H17N3S. The first-order chi connectivity index (χ1) is 8.69. The Hall–Kier alpha value is -1.42. The number of nitrogens with one attached hydrogen (secondary N) is 1. The van der Waals surface area contributed by atoms with Crippen LogP contribution in [0, 0.1) is 13.8 Å². The summed E-state index contributed by atoms with van der Waals surface area (Å²) < 4.78 is 0. The van der Waals surface area contributed by atoms with Gasteiger partial charge in [-0.2, -0.15) is 0 Å². The van der Waals surface area contributed by atoms with Crippen LogP contribution in [0.5, 0.6) is 0 Å². The molecule has 3 rings (SSSR count). The predicted molar refractivity (Wildman–Crippen MR) is 76.3 cm³/mol. The fraction of sp³-hybridized carbons (Fsp3) is 0.429. The third-order valence-electron chi connectivity index (χ3n) is 3.32. The van der Waals surface area contributed by atoms with E-state index in [9.17, 15) is 0 Å². The first-order valence-electron chi connectivity index (χ1n) is 6.32. The van der Waals surface area contributed by atoms with Gasteiger partial charge in [0, 0.05) is 23.4 Å². The van der Waals surface area contributed by atoms with Crippen LogP contribution in [0.2, 0.25) is 0 Å². The molecule has 2 aromatic heterocycles. The molecule has 0 unspecified atom stereocenters. The highest BCUT2D eigenvalue weighted by molar-refractivity contribution is 7.15. The molecule has 0 atom stereocenters. The Morgan fingerprint density at radius 3 is 2.56 bits per heavy atom. The first kappa shape index (κ1) is 11.7. The highest BCUT2D eigenvalue weighted by Crippen LogP contribution is 2.40. The van der Waals surface area contributed by atoms with E-state index in [0.29, 0.717) is 5.92 Å². The largest absolute Gasteiger partial charge is 0.373 e. The maximum atomic E-state index is 4.79. The lowest BCUT2D eigenvalue weighted by atomic mass is 10.2. The molecule has 1 aliphatic carbocycles. The van der Waals surface area contributed by atoms with E-state index in [1.807, 2.05) is 7.05 Å². The van der Waals surface area contributed by atoms with Gasteiger partial charge in [-0.3, -0.25) is 0 Å². The van der Waals surface area contributed by atoms with Crippen LogP contribution >= 0.6 is 11.3 Å². The van der Waals surface area contributed by atoms with Crippen molar-refractivity contribution in [2.45, 2.75) is 32.6 Å². The van der Waals surface area contributed by atoms with Gasteiger partial charge in [-0.1, -0.05) is 0 Å². The summed E-state index contributed by atoms with van der Waals surface area (Å²) >= 11 is 1.80. The van der Waals surface area contributed by atoms with E-state index in [0.717, 1.165) is 22.9 Å². The summed E-state index contributed by atoms with van der Waals surface area (Å²) in [6, 6.07) is 4.31. The Morgan fingerprint density at radius 1 is 1.22 bits per heavy atom. The summed E-state index contributed by atoms with van der Waals surface area (Å²) in [6.07, 6.45) is 2.46. The van der Waals surface area contributed by atoms with Crippen molar-refractivity contribution in [2.24, 2.45) is 0 Å². The molecule has 1 N–H and O–H groups in total. The molecule has 0 saturated heterocycles. The van der Waals surface area contributed by atoms with Gasteiger partial charge in [-0.05, 0) is 38.8 Å². The molecule has 2 aromatic rings. The van der Waals surface area contributed by atoms with Gasteiger partial charge in [0.2, 0.25) is 0 Å². The summed E-state index contributed by atoms with van der Waals surface area (Å²) in [5.74, 6) is 2.55. The van der Waals surface area contributed by atoms with E-state index < -0.39 is 0 Å². The number of rotatable bonds is 3. The summed E-state index contributed by atoms with van der Waals surface area (Å²) in [5, 5.41) is 3.19. The summed E-state index contributed by atoms with van der Waals surface area (Å²) in [4.78, 5) is 12.0. The lowest BCUT2D eigenvalue weighted by Crippen LogP contribution is -2.04. The number of nitrogens with zero attached hydrogens (tertiary/aromatic N) is 2. The van der Waals surface area contributed by atoms with Crippen molar-refractivity contribution in [1.82, 2.24) is 9.97 Å². The third kappa shape index (κ3) is 2.01. The summed E-state index contributed by atoms with van der Waals surface area (Å²) in [5.41, 5.74) is 2.23. The Labute approximate surface area is 111 Å². The molecule has 4 heteroatoms. The van der Waals surface area contributed by atoms with Crippen LogP contribution in [-0.4, -0.2) is 17.0 Å². The van der Waals surface area contributed by atoms with Crippen LogP contribution in [0.1, 0.15) is 35.0 Å². The minimum Gasteiger partial charge on any atom is -0.373 e. The maximum Gasteiger partial charge on any atom is 0.134 e. The van der Waals surface area contributed by atoms with E-state index in [4.69, 9.17) is 4.98 Å². The van der Waals surface area contributed by atoms with Crippen LogP contribution in [0.4, 0.5) is 5.82 Å². The lowest BCUT2D eigenvalue weighted by molar-refractivity contribution is 0.925. The number of aromatic nitrogens is 2. The molecule has 0 aromatic carbocycles. The quantitative estimate of drug-likeness (QED) is 0.912. The molecule has 1 aliphatic rings. The second kappa shape index (κ2) is 4.35. The van der Waals surface area contributed by atoms with Gasteiger partial charge in [0.15, 0.2) is 0 Å². The Kier molecular flexibility index (Phi) is 2.82. The highest BCUT2D eigenvalue weighted by Gasteiger charge is 2.28. The fourth-order valence-corrected chi connectivity index (χ4v) is 3.02. The molecule has 0 radical (unpaired) electrons. The van der Waals surface area contributed by atoms with Crippen molar-refractivity contribution in [3.05, 3.63) is 28.4 Å². The molecular weight excluding hydrogens is 242 g/mol. The molecule has 0 aliphatic heterocycles. The average Bonchev–Trinajstić information content (AvgIpc) is 3.12. The molecule has 18 heavy (non-hydrogen) atoms. The Balaban J connectivity index is 2.14. The van der Waals surface area contributed by atoms with Crippen LogP contribution in [-0.2, 0) is 0 Å². The Morgan fingerprint density at radius 2 is 2.00 bits per heavy atom. The topological polar surface area (TPSA) is 37.8 Å². The van der Waals surface area contributed by atoms with Gasteiger partial charge in [0.25, 0.3) is 0 Å². The van der Waals surface area contributed by atoms with Crippen LogP contribution in [0.25, 0.3) is 10.6 Å². The van der Waals surface area contributed by atoms with E-state index in [1.165, 1.54) is 22.6 Å². The molecule has 0 bridgehead atoms. The smallest absolute Gasteiger partial charge is 0.134 e. The molecule has 1 fully saturated rings. The maximum absolute atomic E-state index is 4.79. The number of aryl methyl sites for hydroxylation is 1. The van der Waals surface area contributed by atoms with Crippen molar-refractivity contribution >= 4 is 17.2 Å². The molecule has 1 saturated carbocycles. The minimum atomic E-state index is 0.581. The predicted octanol–water partition coefficient (Wildman–Crippen LogP) is 3.74. The second-order valence-electron chi connectivity index (χ2n) is 4.84. The van der Waals surface area contributed by atoms with Gasteiger partial charge >= 0.3 is 0 Å². The van der Waals surface area contributed by atoms with Gasteiger partial charge < -0.3 is 5.32 Å². The van der Waals surface area contributed by atoms with Crippen LogP contribution in [0.3, 0.4) is 0 Å².